The molecule has 2 unspecified atom stereocenters. The van der Waals surface area contributed by atoms with Gasteiger partial charge in [-0.1, -0.05) is 30.3 Å². The maximum Gasteiger partial charge on any atom is 0.176 e. The highest BCUT2D eigenvalue weighted by Crippen LogP contribution is 2.30. The molecule has 0 aliphatic heterocycles. The highest BCUT2D eigenvalue weighted by Gasteiger charge is 2.31. The van der Waals surface area contributed by atoms with E-state index in [4.69, 9.17) is 25.8 Å². The minimum absolute atomic E-state index is 0.0744. The van der Waals surface area contributed by atoms with Crippen LogP contribution in [0.5, 0.6) is 0 Å². The Morgan fingerprint density at radius 2 is 1.55 bits per heavy atom. The number of benzene rings is 1. The van der Waals surface area contributed by atoms with E-state index in [1.54, 1.807) is 0 Å². The zero-order valence-electron chi connectivity index (χ0n) is 12.7. The lowest BCUT2D eigenvalue weighted by atomic mass is 10.1. The summed E-state index contributed by atoms with van der Waals surface area (Å²) in [5, 5.41) is -0.403. The third-order valence-electron chi connectivity index (χ3n) is 2.76. The van der Waals surface area contributed by atoms with Crippen molar-refractivity contribution in [3.05, 3.63) is 35.9 Å². The van der Waals surface area contributed by atoms with Crippen LogP contribution in [0.25, 0.3) is 0 Å². The van der Waals surface area contributed by atoms with E-state index in [-0.39, 0.29) is 12.2 Å². The van der Waals surface area contributed by atoms with Crippen molar-refractivity contribution in [3.63, 3.8) is 0 Å². The van der Waals surface area contributed by atoms with Crippen LogP contribution in [0.1, 0.15) is 39.4 Å². The van der Waals surface area contributed by atoms with Crippen molar-refractivity contribution >= 4 is 11.6 Å². The number of halogens is 1. The molecule has 2 atom stereocenters. The number of ether oxygens (including phenoxy) is 3. The highest BCUT2D eigenvalue weighted by molar-refractivity contribution is 6.21. The summed E-state index contributed by atoms with van der Waals surface area (Å²) in [6.45, 7) is 8.95. The van der Waals surface area contributed by atoms with Gasteiger partial charge in [0.05, 0.1) is 6.10 Å². The Balaban J connectivity index is 2.90. The Labute approximate surface area is 127 Å². The van der Waals surface area contributed by atoms with Crippen LogP contribution >= 0.6 is 11.6 Å². The smallest absolute Gasteiger partial charge is 0.176 e. The minimum Gasteiger partial charge on any atom is -0.369 e. The maximum absolute atomic E-state index is 6.57. The summed E-state index contributed by atoms with van der Waals surface area (Å²) in [4.78, 5) is 0. The third-order valence-corrected chi connectivity index (χ3v) is 3.19. The average molecular weight is 301 g/mol. The molecule has 0 fully saturated rings. The first-order valence-electron chi connectivity index (χ1n) is 7.17. The summed E-state index contributed by atoms with van der Waals surface area (Å²) in [7, 11) is 0. The Morgan fingerprint density at radius 1 is 1.00 bits per heavy atom. The van der Waals surface area contributed by atoms with E-state index in [1.807, 2.05) is 58.0 Å². The fourth-order valence-electron chi connectivity index (χ4n) is 1.98. The second kappa shape index (κ2) is 9.35. The van der Waals surface area contributed by atoms with Gasteiger partial charge in [0.1, 0.15) is 11.5 Å². The molecule has 0 aliphatic rings. The lowest BCUT2D eigenvalue weighted by molar-refractivity contribution is -0.158. The quantitative estimate of drug-likeness (QED) is 0.506. The van der Waals surface area contributed by atoms with E-state index in [1.165, 1.54) is 0 Å². The number of rotatable bonds is 9. The SMILES string of the molecule is CCOC(OCC)C(Cl)C(OC(C)C)c1ccccc1. The first-order chi connectivity index (χ1) is 9.60. The second-order valence-electron chi connectivity index (χ2n) is 4.74. The lowest BCUT2D eigenvalue weighted by Gasteiger charge is -2.30. The molecule has 1 aromatic carbocycles. The number of hydrogen-bond donors (Lipinski definition) is 0. The predicted molar refractivity (Wildman–Crippen MR) is 82.1 cm³/mol. The topological polar surface area (TPSA) is 27.7 Å². The first kappa shape index (κ1) is 17.4. The van der Waals surface area contributed by atoms with Crippen molar-refractivity contribution in [3.8, 4) is 0 Å². The van der Waals surface area contributed by atoms with Crippen molar-refractivity contribution in [2.45, 2.75) is 51.6 Å². The molecule has 0 radical (unpaired) electrons. The Bertz CT molecular complexity index is 350. The molecule has 0 aliphatic carbocycles. The van der Waals surface area contributed by atoms with E-state index in [9.17, 15) is 0 Å². The fourth-order valence-corrected chi connectivity index (χ4v) is 2.33. The molecule has 0 spiro atoms. The van der Waals surface area contributed by atoms with E-state index < -0.39 is 11.7 Å². The second-order valence-corrected chi connectivity index (χ2v) is 5.24. The normalized spacial score (nSPS) is 14.8. The monoisotopic (exact) mass is 300 g/mol. The van der Waals surface area contributed by atoms with Crippen molar-refractivity contribution in [1.82, 2.24) is 0 Å². The van der Waals surface area contributed by atoms with Gasteiger partial charge in [-0.2, -0.15) is 0 Å². The van der Waals surface area contributed by atoms with Crippen LogP contribution in [0.2, 0.25) is 0 Å². The average Bonchev–Trinajstić information content (AvgIpc) is 2.44. The van der Waals surface area contributed by atoms with Gasteiger partial charge in [0.15, 0.2) is 6.29 Å². The molecule has 0 N–H and O–H groups in total. The Morgan fingerprint density at radius 3 is 2.00 bits per heavy atom. The van der Waals surface area contributed by atoms with E-state index in [0.29, 0.717) is 13.2 Å². The third kappa shape index (κ3) is 5.41. The zero-order chi connectivity index (χ0) is 15.0. The summed E-state index contributed by atoms with van der Waals surface area (Å²) in [6, 6.07) is 9.95. The largest absolute Gasteiger partial charge is 0.369 e. The molecule has 0 bridgehead atoms. The molecule has 0 aromatic heterocycles. The summed E-state index contributed by atoms with van der Waals surface area (Å²) >= 11 is 6.57. The molecule has 0 heterocycles. The van der Waals surface area contributed by atoms with Gasteiger partial charge in [-0.05, 0) is 33.3 Å². The van der Waals surface area contributed by atoms with Crippen LogP contribution in [-0.4, -0.2) is 31.0 Å². The van der Waals surface area contributed by atoms with Gasteiger partial charge in [0, 0.05) is 13.2 Å². The van der Waals surface area contributed by atoms with Gasteiger partial charge in [0.2, 0.25) is 0 Å². The number of hydrogen-bond acceptors (Lipinski definition) is 3. The Hall–Kier alpha value is -0.610. The molecule has 1 aromatic rings. The van der Waals surface area contributed by atoms with Crippen molar-refractivity contribution in [2.75, 3.05) is 13.2 Å². The zero-order valence-corrected chi connectivity index (χ0v) is 13.5. The summed E-state index contributed by atoms with van der Waals surface area (Å²) in [5.74, 6) is 0. The summed E-state index contributed by atoms with van der Waals surface area (Å²) in [6.07, 6.45) is -0.665. The molecule has 1 rings (SSSR count). The van der Waals surface area contributed by atoms with Crippen molar-refractivity contribution in [2.24, 2.45) is 0 Å². The lowest BCUT2D eigenvalue weighted by Crippen LogP contribution is -2.35. The highest BCUT2D eigenvalue weighted by atomic mass is 35.5. The van der Waals surface area contributed by atoms with Crippen LogP contribution in [0.15, 0.2) is 30.3 Å². The molecule has 20 heavy (non-hydrogen) atoms. The molecule has 3 nitrogen and oxygen atoms in total. The fraction of sp³-hybridized carbons (Fsp3) is 0.625. The van der Waals surface area contributed by atoms with Crippen LogP contribution in [0.4, 0.5) is 0 Å². The summed E-state index contributed by atoms with van der Waals surface area (Å²) in [5.41, 5.74) is 1.03. The van der Waals surface area contributed by atoms with Crippen LogP contribution in [0, 0.1) is 0 Å². The Kier molecular flexibility index (Phi) is 8.15. The number of alkyl halides is 1. The van der Waals surface area contributed by atoms with Gasteiger partial charge in [-0.15, -0.1) is 11.6 Å². The molecule has 4 heteroatoms. The maximum atomic E-state index is 6.57. The van der Waals surface area contributed by atoms with Gasteiger partial charge in [-0.3, -0.25) is 0 Å². The predicted octanol–water partition coefficient (Wildman–Crippen LogP) is 4.16. The molecule has 0 saturated carbocycles. The van der Waals surface area contributed by atoms with E-state index in [0.717, 1.165) is 5.56 Å². The molecule has 114 valence electrons. The van der Waals surface area contributed by atoms with Gasteiger partial charge in [-0.25, -0.2) is 0 Å². The van der Waals surface area contributed by atoms with Crippen molar-refractivity contribution < 1.29 is 14.2 Å². The van der Waals surface area contributed by atoms with Crippen molar-refractivity contribution in [1.29, 1.82) is 0 Å². The molecule has 0 amide bonds. The standard InChI is InChI=1S/C16H25ClO3/c1-5-18-16(19-6-2)14(17)15(20-12(3)4)13-10-8-7-9-11-13/h7-12,14-16H,5-6H2,1-4H3. The van der Waals surface area contributed by atoms with E-state index in [2.05, 4.69) is 0 Å². The summed E-state index contributed by atoms with van der Waals surface area (Å²) < 4.78 is 17.2. The van der Waals surface area contributed by atoms with Gasteiger partial charge >= 0.3 is 0 Å². The molecular weight excluding hydrogens is 276 g/mol. The first-order valence-corrected chi connectivity index (χ1v) is 7.61. The molecular formula is C16H25ClO3. The van der Waals surface area contributed by atoms with Gasteiger partial charge in [0.25, 0.3) is 0 Å². The van der Waals surface area contributed by atoms with Crippen LogP contribution in [0.3, 0.4) is 0 Å². The van der Waals surface area contributed by atoms with E-state index >= 15 is 0 Å². The van der Waals surface area contributed by atoms with Crippen LogP contribution in [-0.2, 0) is 14.2 Å². The van der Waals surface area contributed by atoms with Crippen LogP contribution < -0.4 is 0 Å². The minimum atomic E-state index is -0.476. The molecule has 0 saturated heterocycles. The van der Waals surface area contributed by atoms with Gasteiger partial charge < -0.3 is 14.2 Å².